The van der Waals surface area contributed by atoms with Crippen LogP contribution in [0.2, 0.25) is 0 Å². The van der Waals surface area contributed by atoms with Crippen molar-refractivity contribution in [1.82, 2.24) is 4.90 Å². The van der Waals surface area contributed by atoms with E-state index in [1.165, 1.54) is 4.90 Å². The molecule has 5 rings (SSSR count). The Morgan fingerprint density at radius 1 is 1.06 bits per heavy atom. The standard InChI is InChI=1S/C28H30N2O5/c1-5-13-29-21-10-7-6-9-20(21)28(27(29)33)23-24(31)19-16-18(4)11-12-22(19)35-25(23)26(32)30(28)14-8-15-34-17(2)3/h6-7,9-12,16-17H,5,8,13-15H2,1-4H3/t28-/m0/s1. The highest BCUT2D eigenvalue weighted by Gasteiger charge is 2.64. The summed E-state index contributed by atoms with van der Waals surface area (Å²) in [4.78, 5) is 45.4. The van der Waals surface area contributed by atoms with Gasteiger partial charge in [-0.2, -0.15) is 0 Å². The molecular formula is C28H30N2O5. The zero-order valence-electron chi connectivity index (χ0n) is 20.6. The topological polar surface area (TPSA) is 80.1 Å². The number of carbonyl (C=O) groups is 2. The number of hydrogen-bond donors (Lipinski definition) is 0. The Kier molecular flexibility index (Phi) is 5.75. The van der Waals surface area contributed by atoms with Crippen LogP contribution >= 0.6 is 0 Å². The average molecular weight is 475 g/mol. The van der Waals surface area contributed by atoms with Crippen LogP contribution in [0.3, 0.4) is 0 Å². The Morgan fingerprint density at radius 2 is 1.83 bits per heavy atom. The molecule has 2 amide bonds. The number of hydrogen-bond acceptors (Lipinski definition) is 5. The SMILES string of the molecule is CCCN1C(=O)[C@]2(c3ccccc31)c1c(oc3ccc(C)cc3c1=O)C(=O)N2CCCOC(C)C. The minimum atomic E-state index is -1.55. The zero-order valence-corrected chi connectivity index (χ0v) is 20.6. The molecule has 0 N–H and O–H groups in total. The first kappa shape index (κ1) is 23.3. The fourth-order valence-corrected chi connectivity index (χ4v) is 5.39. The molecule has 35 heavy (non-hydrogen) atoms. The Labute approximate surface area is 204 Å². The van der Waals surface area contributed by atoms with E-state index in [1.807, 2.05) is 58.0 Å². The summed E-state index contributed by atoms with van der Waals surface area (Å²) in [5, 5.41) is 0.375. The maximum atomic E-state index is 14.3. The van der Waals surface area contributed by atoms with Crippen LogP contribution in [0.1, 0.15) is 60.9 Å². The van der Waals surface area contributed by atoms with Crippen molar-refractivity contribution in [1.29, 1.82) is 0 Å². The number of ether oxygens (including phenoxy) is 1. The van der Waals surface area contributed by atoms with E-state index in [9.17, 15) is 14.4 Å². The van der Waals surface area contributed by atoms with Crippen LogP contribution in [0.4, 0.5) is 5.69 Å². The van der Waals surface area contributed by atoms with Gasteiger partial charge < -0.3 is 19.0 Å². The minimum Gasteiger partial charge on any atom is -0.450 e. The Balaban J connectivity index is 1.78. The van der Waals surface area contributed by atoms with Crippen molar-refractivity contribution >= 4 is 28.5 Å². The molecule has 2 aromatic carbocycles. The van der Waals surface area contributed by atoms with Gasteiger partial charge in [0, 0.05) is 25.3 Å². The van der Waals surface area contributed by atoms with Crippen molar-refractivity contribution in [3.05, 3.63) is 75.1 Å². The molecule has 0 unspecified atom stereocenters. The maximum absolute atomic E-state index is 14.3. The lowest BCUT2D eigenvalue weighted by molar-refractivity contribution is -0.126. The highest BCUT2D eigenvalue weighted by atomic mass is 16.5. The average Bonchev–Trinajstić information content (AvgIpc) is 3.22. The van der Waals surface area contributed by atoms with Crippen LogP contribution in [0.25, 0.3) is 11.0 Å². The second kappa shape index (κ2) is 8.64. The fraction of sp³-hybridized carbons (Fsp3) is 0.393. The molecule has 3 heterocycles. The second-order valence-electron chi connectivity index (χ2n) is 9.55. The van der Waals surface area contributed by atoms with E-state index < -0.39 is 11.4 Å². The van der Waals surface area contributed by atoms with Gasteiger partial charge in [0.2, 0.25) is 5.76 Å². The van der Waals surface area contributed by atoms with E-state index in [1.54, 1.807) is 17.0 Å². The van der Waals surface area contributed by atoms with Crippen molar-refractivity contribution in [2.75, 3.05) is 24.6 Å². The number of para-hydroxylation sites is 1. The molecule has 0 saturated carbocycles. The van der Waals surface area contributed by atoms with Gasteiger partial charge in [0.25, 0.3) is 11.8 Å². The summed E-state index contributed by atoms with van der Waals surface area (Å²) in [5.74, 6) is -0.764. The molecule has 7 nitrogen and oxygen atoms in total. The number of benzene rings is 2. The number of amides is 2. The van der Waals surface area contributed by atoms with E-state index in [4.69, 9.17) is 9.15 Å². The van der Waals surface area contributed by atoms with Crippen LogP contribution in [0.5, 0.6) is 0 Å². The molecule has 182 valence electrons. The molecule has 0 bridgehead atoms. The Morgan fingerprint density at radius 3 is 2.57 bits per heavy atom. The van der Waals surface area contributed by atoms with Crippen LogP contribution in [-0.2, 0) is 15.1 Å². The van der Waals surface area contributed by atoms with E-state index >= 15 is 0 Å². The molecule has 7 heteroatoms. The normalized spacial score (nSPS) is 18.9. The molecule has 1 atom stereocenters. The quantitative estimate of drug-likeness (QED) is 0.475. The lowest BCUT2D eigenvalue weighted by Crippen LogP contribution is -2.53. The van der Waals surface area contributed by atoms with Gasteiger partial charge >= 0.3 is 0 Å². The number of aryl methyl sites for hydroxylation is 1. The van der Waals surface area contributed by atoms with Gasteiger partial charge in [0.15, 0.2) is 11.0 Å². The number of carbonyl (C=O) groups excluding carboxylic acids is 2. The van der Waals surface area contributed by atoms with E-state index in [-0.39, 0.29) is 35.3 Å². The van der Waals surface area contributed by atoms with E-state index in [0.29, 0.717) is 36.1 Å². The highest BCUT2D eigenvalue weighted by Crippen LogP contribution is 2.52. The van der Waals surface area contributed by atoms with Crippen molar-refractivity contribution in [2.24, 2.45) is 0 Å². The first-order valence-electron chi connectivity index (χ1n) is 12.2. The smallest absolute Gasteiger partial charge is 0.291 e. The van der Waals surface area contributed by atoms with Gasteiger partial charge in [-0.05, 0) is 51.8 Å². The predicted octanol–water partition coefficient (Wildman–Crippen LogP) is 4.37. The molecule has 0 saturated heterocycles. The summed E-state index contributed by atoms with van der Waals surface area (Å²) in [6.45, 7) is 8.98. The molecule has 0 aliphatic carbocycles. The summed E-state index contributed by atoms with van der Waals surface area (Å²) < 4.78 is 11.8. The van der Waals surface area contributed by atoms with Gasteiger partial charge in [-0.25, -0.2) is 0 Å². The lowest BCUT2D eigenvalue weighted by atomic mass is 9.84. The van der Waals surface area contributed by atoms with Crippen molar-refractivity contribution in [3.8, 4) is 0 Å². The first-order valence-corrected chi connectivity index (χ1v) is 12.2. The molecule has 0 fully saturated rings. The summed E-state index contributed by atoms with van der Waals surface area (Å²) in [7, 11) is 0. The monoisotopic (exact) mass is 474 g/mol. The largest absolute Gasteiger partial charge is 0.450 e. The van der Waals surface area contributed by atoms with Gasteiger partial charge in [0.05, 0.1) is 22.7 Å². The molecule has 1 aromatic heterocycles. The van der Waals surface area contributed by atoms with Crippen molar-refractivity contribution < 1.29 is 18.7 Å². The number of fused-ring (bicyclic) bond motifs is 5. The molecular weight excluding hydrogens is 444 g/mol. The van der Waals surface area contributed by atoms with Gasteiger partial charge in [-0.3, -0.25) is 14.4 Å². The lowest BCUT2D eigenvalue weighted by Gasteiger charge is -2.34. The number of rotatable bonds is 7. The van der Waals surface area contributed by atoms with Gasteiger partial charge in [0.1, 0.15) is 5.58 Å². The minimum absolute atomic E-state index is 0.0439. The molecule has 2 aliphatic heterocycles. The van der Waals surface area contributed by atoms with E-state index in [2.05, 4.69) is 0 Å². The second-order valence-corrected chi connectivity index (χ2v) is 9.55. The summed E-state index contributed by atoms with van der Waals surface area (Å²) in [5.41, 5.74) is 0.867. The summed E-state index contributed by atoms with van der Waals surface area (Å²) in [6.07, 6.45) is 1.32. The number of anilines is 1. The summed E-state index contributed by atoms with van der Waals surface area (Å²) in [6, 6.07) is 12.8. The fourth-order valence-electron chi connectivity index (χ4n) is 5.39. The molecule has 0 radical (unpaired) electrons. The van der Waals surface area contributed by atoms with Crippen molar-refractivity contribution in [2.45, 2.75) is 52.2 Å². The maximum Gasteiger partial charge on any atom is 0.291 e. The first-order chi connectivity index (χ1) is 16.8. The molecule has 2 aliphatic rings. The van der Waals surface area contributed by atoms with Crippen molar-refractivity contribution in [3.63, 3.8) is 0 Å². The van der Waals surface area contributed by atoms with Crippen LogP contribution < -0.4 is 10.3 Å². The van der Waals surface area contributed by atoms with Crippen LogP contribution in [0, 0.1) is 6.92 Å². The highest BCUT2D eigenvalue weighted by molar-refractivity contribution is 6.17. The summed E-state index contributed by atoms with van der Waals surface area (Å²) >= 11 is 0. The zero-order chi connectivity index (χ0) is 24.9. The van der Waals surface area contributed by atoms with Crippen LogP contribution in [-0.4, -0.2) is 42.5 Å². The van der Waals surface area contributed by atoms with Crippen LogP contribution in [0.15, 0.2) is 51.7 Å². The number of nitrogens with zero attached hydrogens (tertiary/aromatic N) is 2. The van der Waals surface area contributed by atoms with E-state index in [0.717, 1.165) is 17.7 Å². The van der Waals surface area contributed by atoms with Gasteiger partial charge in [-0.15, -0.1) is 0 Å². The Hall–Kier alpha value is -3.45. The molecule has 3 aromatic rings. The third-order valence-electron chi connectivity index (χ3n) is 6.82. The third kappa shape index (κ3) is 3.32. The third-order valence-corrected chi connectivity index (χ3v) is 6.82. The van der Waals surface area contributed by atoms with Gasteiger partial charge in [-0.1, -0.05) is 36.8 Å². The Bertz CT molecular complexity index is 1390. The predicted molar refractivity (Wildman–Crippen MR) is 134 cm³/mol. The molecule has 1 spiro atoms.